The molecule has 0 aromatic carbocycles. The predicted octanol–water partition coefficient (Wildman–Crippen LogP) is 0.657. The highest BCUT2D eigenvalue weighted by Gasteiger charge is 2.32. The van der Waals surface area contributed by atoms with Gasteiger partial charge < -0.3 is 10.6 Å². The highest BCUT2D eigenvalue weighted by Crippen LogP contribution is 2.24. The van der Waals surface area contributed by atoms with Gasteiger partial charge in [0.05, 0.1) is 5.69 Å². The minimum absolute atomic E-state index is 0.168. The molecule has 3 atom stereocenters. The molecule has 0 radical (unpaired) electrons. The molecule has 3 unspecified atom stereocenters. The van der Waals surface area contributed by atoms with Crippen LogP contribution in [0.25, 0.3) is 6.08 Å². The molecule has 2 N–H and O–H groups in total. The molecule has 0 saturated carbocycles. The van der Waals surface area contributed by atoms with Crippen molar-refractivity contribution in [2.24, 2.45) is 0 Å². The quantitative estimate of drug-likeness (QED) is 0.856. The van der Waals surface area contributed by atoms with Crippen LogP contribution in [-0.4, -0.2) is 58.6 Å². The second kappa shape index (κ2) is 5.79. The molecule has 0 aliphatic carbocycles. The second-order valence-electron chi connectivity index (χ2n) is 6.22. The lowest BCUT2D eigenvalue weighted by molar-refractivity contribution is 0.00262. The van der Waals surface area contributed by atoms with Gasteiger partial charge in [-0.2, -0.15) is 0 Å². The van der Waals surface area contributed by atoms with Crippen molar-refractivity contribution in [2.75, 3.05) is 27.2 Å². The lowest BCUT2D eigenvalue weighted by Gasteiger charge is -2.46. The van der Waals surface area contributed by atoms with Crippen molar-refractivity contribution in [3.05, 3.63) is 23.9 Å². The van der Waals surface area contributed by atoms with Crippen LogP contribution >= 0.6 is 0 Å². The Morgan fingerprint density at radius 1 is 1.33 bits per heavy atom. The Hall–Kier alpha value is -1.37. The third kappa shape index (κ3) is 2.71. The fourth-order valence-electron chi connectivity index (χ4n) is 3.26. The molecule has 0 spiro atoms. The Bertz CT molecular complexity index is 510. The zero-order chi connectivity index (χ0) is 15.0. The third-order valence-electron chi connectivity index (χ3n) is 4.64. The summed E-state index contributed by atoms with van der Waals surface area (Å²) in [5.74, 6) is 1.03. The van der Waals surface area contributed by atoms with Crippen LogP contribution in [0.4, 0.5) is 0 Å². The number of nitrogens with one attached hydrogen (secondary N) is 2. The van der Waals surface area contributed by atoms with Crippen LogP contribution in [0.5, 0.6) is 0 Å². The molecular weight excluding hydrogens is 264 g/mol. The first-order valence-electron chi connectivity index (χ1n) is 7.71. The summed E-state index contributed by atoms with van der Waals surface area (Å²) in [6.07, 6.45) is 6.38. The summed E-state index contributed by atoms with van der Waals surface area (Å²) in [5.41, 5.74) is 1.08. The van der Waals surface area contributed by atoms with Gasteiger partial charge in [0.2, 0.25) is 0 Å². The van der Waals surface area contributed by atoms with Gasteiger partial charge in [0, 0.05) is 44.1 Å². The van der Waals surface area contributed by atoms with Crippen molar-refractivity contribution in [3.8, 4) is 0 Å². The molecule has 0 amide bonds. The lowest BCUT2D eigenvalue weighted by Crippen LogP contribution is -2.58. The SMILES string of the molecule is CNCc1cn2c(n1)C=CNC2N1CC(C)N(C)C(C)C1. The van der Waals surface area contributed by atoms with E-state index in [2.05, 4.69) is 57.1 Å². The molecule has 1 aromatic rings. The van der Waals surface area contributed by atoms with Gasteiger partial charge in [-0.15, -0.1) is 0 Å². The van der Waals surface area contributed by atoms with Gasteiger partial charge in [-0.3, -0.25) is 14.4 Å². The molecule has 2 aliphatic heterocycles. The Morgan fingerprint density at radius 2 is 2.05 bits per heavy atom. The summed E-state index contributed by atoms with van der Waals surface area (Å²) in [4.78, 5) is 9.64. The number of hydrogen-bond acceptors (Lipinski definition) is 5. The van der Waals surface area contributed by atoms with Crippen molar-refractivity contribution in [2.45, 2.75) is 38.8 Å². The average Bonchev–Trinajstić information content (AvgIpc) is 2.87. The van der Waals surface area contributed by atoms with E-state index >= 15 is 0 Å². The van der Waals surface area contributed by atoms with Crippen LogP contribution in [0.1, 0.15) is 31.7 Å². The van der Waals surface area contributed by atoms with Crippen LogP contribution in [0.15, 0.2) is 12.4 Å². The van der Waals surface area contributed by atoms with Crippen molar-refractivity contribution in [3.63, 3.8) is 0 Å². The fourth-order valence-corrected chi connectivity index (χ4v) is 3.26. The molecule has 3 heterocycles. The topological polar surface area (TPSA) is 48.4 Å². The lowest BCUT2D eigenvalue weighted by atomic mass is 10.1. The van der Waals surface area contributed by atoms with Gasteiger partial charge in [0.1, 0.15) is 5.82 Å². The molecule has 1 fully saturated rings. The number of fused-ring (bicyclic) bond motifs is 1. The monoisotopic (exact) mass is 290 g/mol. The maximum absolute atomic E-state index is 4.68. The van der Waals surface area contributed by atoms with Crippen LogP contribution in [0.2, 0.25) is 0 Å². The summed E-state index contributed by atoms with van der Waals surface area (Å²) in [6.45, 7) is 7.51. The van der Waals surface area contributed by atoms with E-state index in [9.17, 15) is 0 Å². The van der Waals surface area contributed by atoms with E-state index in [0.717, 1.165) is 31.2 Å². The van der Waals surface area contributed by atoms with E-state index in [1.165, 1.54) is 0 Å². The van der Waals surface area contributed by atoms with Crippen LogP contribution < -0.4 is 10.6 Å². The largest absolute Gasteiger partial charge is 0.359 e. The van der Waals surface area contributed by atoms with E-state index in [0.29, 0.717) is 12.1 Å². The molecule has 1 aromatic heterocycles. The van der Waals surface area contributed by atoms with Gasteiger partial charge in [-0.25, -0.2) is 4.98 Å². The maximum Gasteiger partial charge on any atom is 0.162 e. The van der Waals surface area contributed by atoms with Crippen molar-refractivity contribution in [1.82, 2.24) is 30.0 Å². The number of hydrogen-bond donors (Lipinski definition) is 2. The zero-order valence-electron chi connectivity index (χ0n) is 13.4. The molecule has 0 bridgehead atoms. The molecular formula is C15H26N6. The Kier molecular flexibility index (Phi) is 4.01. The standard InChI is InChI=1S/C15H26N6/c1-11-8-20(9-12(2)19(11)4)15-17-6-5-14-18-13(7-16-3)10-21(14)15/h5-6,10-12,15-17H,7-9H2,1-4H3. The smallest absolute Gasteiger partial charge is 0.162 e. The van der Waals surface area contributed by atoms with Gasteiger partial charge in [-0.1, -0.05) is 0 Å². The summed E-state index contributed by atoms with van der Waals surface area (Å²) in [5, 5.41) is 6.65. The highest BCUT2D eigenvalue weighted by atomic mass is 15.4. The van der Waals surface area contributed by atoms with E-state index in [1.54, 1.807) is 0 Å². The minimum atomic E-state index is 0.168. The summed E-state index contributed by atoms with van der Waals surface area (Å²) >= 11 is 0. The highest BCUT2D eigenvalue weighted by molar-refractivity contribution is 5.43. The van der Waals surface area contributed by atoms with Gasteiger partial charge in [-0.05, 0) is 34.0 Å². The number of imidazole rings is 1. The normalized spacial score (nSPS) is 30.2. The first kappa shape index (κ1) is 14.6. The van der Waals surface area contributed by atoms with Crippen molar-refractivity contribution in [1.29, 1.82) is 0 Å². The summed E-state index contributed by atoms with van der Waals surface area (Å²) in [7, 11) is 4.17. The first-order valence-corrected chi connectivity index (χ1v) is 7.71. The summed E-state index contributed by atoms with van der Waals surface area (Å²) in [6, 6.07) is 1.12. The molecule has 6 heteroatoms. The molecule has 21 heavy (non-hydrogen) atoms. The van der Waals surface area contributed by atoms with Crippen molar-refractivity contribution >= 4 is 6.08 Å². The fraction of sp³-hybridized carbons (Fsp3) is 0.667. The average molecular weight is 290 g/mol. The molecule has 6 nitrogen and oxygen atoms in total. The number of piperazine rings is 1. The van der Waals surface area contributed by atoms with Crippen LogP contribution in [0.3, 0.4) is 0 Å². The van der Waals surface area contributed by atoms with Crippen LogP contribution in [0, 0.1) is 0 Å². The number of aromatic nitrogens is 2. The first-order chi connectivity index (χ1) is 10.1. The predicted molar refractivity (Wildman–Crippen MR) is 84.5 cm³/mol. The molecule has 1 saturated heterocycles. The number of nitrogens with zero attached hydrogens (tertiary/aromatic N) is 4. The maximum atomic E-state index is 4.68. The van der Waals surface area contributed by atoms with Gasteiger partial charge in [0.25, 0.3) is 0 Å². The van der Waals surface area contributed by atoms with E-state index in [1.807, 2.05) is 19.3 Å². The summed E-state index contributed by atoms with van der Waals surface area (Å²) < 4.78 is 2.25. The molecule has 116 valence electrons. The van der Waals surface area contributed by atoms with Crippen molar-refractivity contribution < 1.29 is 0 Å². The van der Waals surface area contributed by atoms with Gasteiger partial charge in [0.15, 0.2) is 6.29 Å². The molecule has 3 rings (SSSR count). The Balaban J connectivity index is 1.83. The van der Waals surface area contributed by atoms with E-state index in [4.69, 9.17) is 0 Å². The van der Waals surface area contributed by atoms with E-state index < -0.39 is 0 Å². The molecule has 2 aliphatic rings. The number of rotatable bonds is 3. The van der Waals surface area contributed by atoms with Gasteiger partial charge >= 0.3 is 0 Å². The number of likely N-dealkylation sites (N-methyl/N-ethyl adjacent to an activating group) is 1. The van der Waals surface area contributed by atoms with Crippen LogP contribution in [-0.2, 0) is 6.54 Å². The minimum Gasteiger partial charge on any atom is -0.359 e. The zero-order valence-corrected chi connectivity index (χ0v) is 13.4. The second-order valence-corrected chi connectivity index (χ2v) is 6.22. The van der Waals surface area contributed by atoms with E-state index in [-0.39, 0.29) is 6.29 Å². The Labute approximate surface area is 126 Å². The Morgan fingerprint density at radius 3 is 2.71 bits per heavy atom. The third-order valence-corrected chi connectivity index (χ3v) is 4.64.